The second kappa shape index (κ2) is 19.7. The molecule has 0 radical (unpaired) electrons. The average Bonchev–Trinajstić information content (AvgIpc) is 3.83. The summed E-state index contributed by atoms with van der Waals surface area (Å²) in [6.07, 6.45) is 0.534. The van der Waals surface area contributed by atoms with E-state index in [1.165, 1.54) is 4.90 Å². The Morgan fingerprint density at radius 1 is 0.911 bits per heavy atom. The Hall–Kier alpha value is -5.00. The fourth-order valence-corrected chi connectivity index (χ4v) is 7.86. The number of hydrogen-bond acceptors (Lipinski definition) is 11. The quantitative estimate of drug-likeness (QED) is 0.137. The summed E-state index contributed by atoms with van der Waals surface area (Å²) in [5.41, 5.74) is 0.701. The number of rotatable bonds is 14. The molecular formula is C38H54N8O9S. The number of benzene rings is 1. The second-order valence-electron chi connectivity index (χ2n) is 15.3. The first-order chi connectivity index (χ1) is 26.5. The lowest BCUT2D eigenvalue weighted by Gasteiger charge is -2.34. The van der Waals surface area contributed by atoms with Crippen molar-refractivity contribution in [3.63, 3.8) is 0 Å². The van der Waals surface area contributed by atoms with Gasteiger partial charge in [-0.1, -0.05) is 71.9 Å². The SMILES string of the molecule is CC(C)[C@@H]1NC(=O)[C@@H]2CCCN2C(=O)CN=C(N[C@H](C(=O)N[C@@H](Cc2ccccc2)C(=O)N[C@H](CC(=O)O)C2=N[C@H](C(=O)O)CS2)C(C)C)[C@H](C(C)C)NC1=O. The molecule has 18 heteroatoms. The molecule has 1 saturated heterocycles. The summed E-state index contributed by atoms with van der Waals surface area (Å²) < 4.78 is 0. The predicted octanol–water partition coefficient (Wildman–Crippen LogP) is 0.571. The van der Waals surface area contributed by atoms with E-state index in [-0.39, 0.29) is 47.3 Å². The second-order valence-corrected chi connectivity index (χ2v) is 16.4. The van der Waals surface area contributed by atoms with E-state index in [0.29, 0.717) is 24.9 Å². The molecule has 7 atom stereocenters. The Kier molecular flexibility index (Phi) is 15.4. The van der Waals surface area contributed by atoms with Gasteiger partial charge in [-0.15, -0.1) is 11.8 Å². The largest absolute Gasteiger partial charge is 0.481 e. The zero-order chi connectivity index (χ0) is 41.3. The summed E-state index contributed by atoms with van der Waals surface area (Å²) in [7, 11) is 0. The molecular weight excluding hydrogens is 745 g/mol. The van der Waals surface area contributed by atoms with Gasteiger partial charge >= 0.3 is 11.9 Å². The van der Waals surface area contributed by atoms with E-state index in [9.17, 15) is 43.8 Å². The molecule has 0 unspecified atom stereocenters. The number of nitrogens with one attached hydrogen (secondary N) is 5. The van der Waals surface area contributed by atoms with Crippen LogP contribution in [0.25, 0.3) is 0 Å². The molecule has 306 valence electrons. The molecule has 0 spiro atoms. The Morgan fingerprint density at radius 3 is 2.16 bits per heavy atom. The van der Waals surface area contributed by atoms with Gasteiger partial charge in [0.2, 0.25) is 29.5 Å². The first-order valence-electron chi connectivity index (χ1n) is 19.0. The third kappa shape index (κ3) is 11.5. The van der Waals surface area contributed by atoms with Crippen molar-refractivity contribution in [1.82, 2.24) is 31.5 Å². The van der Waals surface area contributed by atoms with Gasteiger partial charge in [-0.3, -0.25) is 38.8 Å². The summed E-state index contributed by atoms with van der Waals surface area (Å²) in [6, 6.07) is 1.97. The molecule has 7 N–H and O–H groups in total. The van der Waals surface area contributed by atoms with Crippen LogP contribution in [0.4, 0.5) is 0 Å². The smallest absolute Gasteiger partial charge is 0.329 e. The number of amidine groups is 1. The number of carboxylic acid groups (broad SMARTS) is 2. The van der Waals surface area contributed by atoms with E-state index >= 15 is 0 Å². The van der Waals surface area contributed by atoms with Gasteiger partial charge in [0.05, 0.1) is 23.5 Å². The minimum Gasteiger partial charge on any atom is -0.481 e. The number of fused-ring (bicyclic) bond motifs is 1. The minimum absolute atomic E-state index is 0.0276. The van der Waals surface area contributed by atoms with Gasteiger partial charge in [0.25, 0.3) is 0 Å². The van der Waals surface area contributed by atoms with Crippen LogP contribution in [0.5, 0.6) is 0 Å². The van der Waals surface area contributed by atoms with Gasteiger partial charge < -0.3 is 41.7 Å². The van der Waals surface area contributed by atoms with Crippen LogP contribution in [0, 0.1) is 17.8 Å². The van der Waals surface area contributed by atoms with Crippen LogP contribution in [0.3, 0.4) is 0 Å². The van der Waals surface area contributed by atoms with Crippen LogP contribution in [0.1, 0.15) is 66.4 Å². The highest BCUT2D eigenvalue weighted by molar-refractivity contribution is 8.14. The topological polar surface area (TPSA) is 248 Å². The van der Waals surface area contributed by atoms with Gasteiger partial charge in [0.1, 0.15) is 36.5 Å². The van der Waals surface area contributed by atoms with E-state index in [2.05, 4.69) is 36.6 Å². The Bertz CT molecular complexity index is 1700. The number of aliphatic imine (C=N–C) groups is 2. The van der Waals surface area contributed by atoms with Crippen LogP contribution in [-0.2, 0) is 40.0 Å². The van der Waals surface area contributed by atoms with E-state index in [1.807, 2.05) is 27.7 Å². The molecule has 56 heavy (non-hydrogen) atoms. The van der Waals surface area contributed by atoms with Crippen LogP contribution in [0.2, 0.25) is 0 Å². The van der Waals surface area contributed by atoms with Crippen molar-refractivity contribution < 1.29 is 43.8 Å². The predicted molar refractivity (Wildman–Crippen MR) is 210 cm³/mol. The van der Waals surface area contributed by atoms with Crippen LogP contribution < -0.4 is 26.6 Å². The van der Waals surface area contributed by atoms with E-state index in [1.54, 1.807) is 44.2 Å². The molecule has 3 aliphatic rings. The molecule has 1 fully saturated rings. The van der Waals surface area contributed by atoms with Gasteiger partial charge in [0, 0.05) is 18.7 Å². The molecule has 0 bridgehead atoms. The normalized spacial score (nSPS) is 23.4. The summed E-state index contributed by atoms with van der Waals surface area (Å²) in [6.45, 7) is 10.9. The van der Waals surface area contributed by atoms with Crippen LogP contribution in [-0.4, -0.2) is 129 Å². The molecule has 1 aromatic carbocycles. The number of aliphatic carboxylic acids is 2. The number of carbonyl (C=O) groups excluding carboxylic acids is 5. The number of carboxylic acids is 2. The van der Waals surface area contributed by atoms with Crippen molar-refractivity contribution in [2.24, 2.45) is 27.7 Å². The summed E-state index contributed by atoms with van der Waals surface area (Å²) >= 11 is 1.05. The Morgan fingerprint density at radius 2 is 1.57 bits per heavy atom. The minimum atomic E-state index is -1.24. The van der Waals surface area contributed by atoms with Crippen molar-refractivity contribution in [2.45, 2.75) is 110 Å². The highest BCUT2D eigenvalue weighted by Crippen LogP contribution is 2.23. The molecule has 17 nitrogen and oxygen atoms in total. The molecule has 3 heterocycles. The fraction of sp³-hybridized carbons (Fsp3) is 0.605. The molecule has 4 rings (SSSR count). The zero-order valence-electron chi connectivity index (χ0n) is 32.6. The van der Waals surface area contributed by atoms with Crippen molar-refractivity contribution in [3.05, 3.63) is 35.9 Å². The monoisotopic (exact) mass is 798 g/mol. The summed E-state index contributed by atoms with van der Waals surface area (Å²) in [5, 5.41) is 33.8. The Labute approximate surface area is 330 Å². The molecule has 0 aliphatic carbocycles. The first kappa shape index (κ1) is 43.7. The van der Waals surface area contributed by atoms with Gasteiger partial charge in [0.15, 0.2) is 6.04 Å². The lowest BCUT2D eigenvalue weighted by molar-refractivity contribution is -0.139. The van der Waals surface area contributed by atoms with E-state index in [0.717, 1.165) is 11.8 Å². The number of amides is 5. The third-order valence-corrected chi connectivity index (χ3v) is 11.1. The lowest BCUT2D eigenvalue weighted by atomic mass is 9.96. The number of carbonyl (C=O) groups is 7. The van der Waals surface area contributed by atoms with Gasteiger partial charge in [-0.25, -0.2) is 4.79 Å². The lowest BCUT2D eigenvalue weighted by Crippen LogP contribution is -2.62. The molecule has 3 aliphatic heterocycles. The highest BCUT2D eigenvalue weighted by Gasteiger charge is 2.39. The maximum Gasteiger partial charge on any atom is 0.329 e. The number of hydrogen-bond donors (Lipinski definition) is 7. The van der Waals surface area contributed by atoms with Crippen molar-refractivity contribution in [3.8, 4) is 0 Å². The molecule has 0 aromatic heterocycles. The molecule has 5 amide bonds. The van der Waals surface area contributed by atoms with Crippen molar-refractivity contribution in [1.29, 1.82) is 0 Å². The summed E-state index contributed by atoms with van der Waals surface area (Å²) in [4.78, 5) is 103. The van der Waals surface area contributed by atoms with Gasteiger partial charge in [-0.2, -0.15) is 0 Å². The third-order valence-electron chi connectivity index (χ3n) is 9.89. The standard InChI is InChI=1S/C38H54N8O9S/c1-19(2)29-32(39-17-27(47)46-14-10-13-26(46)34(51)45-31(21(5)6)36(53)44-29)43-30(20(3)4)35(52)40-23(15-22-11-8-7-9-12-22)33(50)41-24(16-28(48)49)37-42-25(18-56-37)38(54)55/h7-9,11-12,19-21,23-26,29-31H,10,13-18H2,1-6H3,(H,39,43)(H,40,52)(H,41,50)(H,44,53)(H,45,51)(H,48,49)(H,54,55)/t23-,24+,25-,26-,29-,30-,31-/m0/s1. The Balaban J connectivity index is 1.66. The summed E-state index contributed by atoms with van der Waals surface area (Å²) in [5.74, 6) is -5.67. The van der Waals surface area contributed by atoms with Gasteiger partial charge in [-0.05, 0) is 36.2 Å². The molecule has 0 saturated carbocycles. The maximum absolute atomic E-state index is 14.3. The van der Waals surface area contributed by atoms with E-state index < -0.39 is 90.2 Å². The number of nitrogens with zero attached hydrogens (tertiary/aromatic N) is 3. The fourth-order valence-electron chi connectivity index (χ4n) is 6.76. The molecule has 1 aromatic rings. The highest BCUT2D eigenvalue weighted by atomic mass is 32.2. The van der Waals surface area contributed by atoms with Crippen LogP contribution >= 0.6 is 11.8 Å². The average molecular weight is 799 g/mol. The van der Waals surface area contributed by atoms with Crippen molar-refractivity contribution >= 4 is 64.1 Å². The van der Waals surface area contributed by atoms with Crippen molar-refractivity contribution in [2.75, 3.05) is 18.8 Å². The zero-order valence-corrected chi connectivity index (χ0v) is 33.4. The number of thioether (sulfide) groups is 1. The van der Waals surface area contributed by atoms with E-state index in [4.69, 9.17) is 0 Å². The maximum atomic E-state index is 14.3. The van der Waals surface area contributed by atoms with Crippen LogP contribution in [0.15, 0.2) is 40.3 Å². The first-order valence-corrected chi connectivity index (χ1v) is 20.0.